The van der Waals surface area contributed by atoms with Gasteiger partial charge in [-0.1, -0.05) is 48.0 Å². The minimum absolute atomic E-state index is 0.0142. The first-order valence-corrected chi connectivity index (χ1v) is 9.38. The molecule has 0 aliphatic heterocycles. The molecular weight excluding hydrogens is 324 g/mol. The summed E-state index contributed by atoms with van der Waals surface area (Å²) in [5, 5.41) is 8.05. The van der Waals surface area contributed by atoms with Crippen LogP contribution in [0, 0.1) is 0 Å². The van der Waals surface area contributed by atoms with Gasteiger partial charge in [-0.2, -0.15) is 4.98 Å². The second-order valence-corrected chi connectivity index (χ2v) is 7.51. The van der Waals surface area contributed by atoms with Crippen LogP contribution in [0.5, 0.6) is 0 Å². The van der Waals surface area contributed by atoms with Crippen LogP contribution in [-0.2, 0) is 5.41 Å². The number of hydrogen-bond donors (Lipinski definition) is 1. The molecule has 1 N–H and O–H groups in total. The molecule has 2 atom stereocenters. The fraction of sp³-hybridized carbons (Fsp3) is 0.381. The maximum Gasteiger partial charge on any atom is 0.276 e. The lowest BCUT2D eigenvalue weighted by Gasteiger charge is -2.39. The zero-order valence-electron chi connectivity index (χ0n) is 14.6. The Morgan fingerprint density at radius 2 is 1.92 bits per heavy atom. The van der Waals surface area contributed by atoms with Crippen molar-refractivity contribution in [2.45, 2.75) is 43.1 Å². The first-order chi connectivity index (χ1) is 12.8. The lowest BCUT2D eigenvalue weighted by Crippen LogP contribution is -2.45. The Balaban J connectivity index is 1.27. The second-order valence-electron chi connectivity index (χ2n) is 7.51. The number of hydrogen-bond acceptors (Lipinski definition) is 5. The van der Waals surface area contributed by atoms with Gasteiger partial charge in [0.05, 0.1) is 0 Å². The zero-order chi connectivity index (χ0) is 17.4. The summed E-state index contributed by atoms with van der Waals surface area (Å²) in [7, 11) is 0. The van der Waals surface area contributed by atoms with Crippen molar-refractivity contribution in [2.75, 3.05) is 6.54 Å². The molecule has 2 aliphatic rings. The third-order valence-corrected chi connectivity index (χ3v) is 5.82. The summed E-state index contributed by atoms with van der Waals surface area (Å²) >= 11 is 0. The van der Waals surface area contributed by atoms with Crippen molar-refractivity contribution in [1.29, 1.82) is 0 Å². The van der Waals surface area contributed by atoms with Crippen LogP contribution in [0.2, 0.25) is 0 Å². The molecule has 0 saturated heterocycles. The maximum atomic E-state index is 5.49. The summed E-state index contributed by atoms with van der Waals surface area (Å²) in [4.78, 5) is 8.97. The SMILES string of the molecule is c1ccc([C@H]2C[C@@H]2NCC2(c3noc(-c4ccccn4)n3)CCC2)cc1. The molecule has 1 aromatic carbocycles. The van der Waals surface area contributed by atoms with E-state index in [-0.39, 0.29) is 5.41 Å². The minimum atomic E-state index is 0.0142. The molecule has 2 saturated carbocycles. The van der Waals surface area contributed by atoms with E-state index in [1.54, 1.807) is 6.20 Å². The summed E-state index contributed by atoms with van der Waals surface area (Å²) in [5.74, 6) is 1.98. The van der Waals surface area contributed by atoms with Crippen LogP contribution >= 0.6 is 0 Å². The average Bonchev–Trinajstić information content (AvgIpc) is 3.28. The van der Waals surface area contributed by atoms with Crippen LogP contribution in [0.15, 0.2) is 59.3 Å². The molecule has 5 heteroatoms. The molecule has 0 amide bonds. The highest BCUT2D eigenvalue weighted by Gasteiger charge is 2.46. The standard InChI is InChI=1S/C21H22N4O/c1-2-7-15(8-3-1)16-13-18(16)23-14-21(10-6-11-21)20-24-19(26-25-20)17-9-4-5-12-22-17/h1-5,7-9,12,16,18,23H,6,10-11,13-14H2/t16-,18+/m1/s1. The van der Waals surface area contributed by atoms with E-state index in [0.717, 1.165) is 30.9 Å². The molecule has 2 aliphatic carbocycles. The van der Waals surface area contributed by atoms with E-state index in [1.165, 1.54) is 18.4 Å². The number of rotatable bonds is 6. The quantitative estimate of drug-likeness (QED) is 0.737. The lowest BCUT2D eigenvalue weighted by molar-refractivity contribution is 0.211. The van der Waals surface area contributed by atoms with Crippen molar-refractivity contribution < 1.29 is 4.52 Å². The van der Waals surface area contributed by atoms with Gasteiger partial charge in [-0.15, -0.1) is 0 Å². The van der Waals surface area contributed by atoms with Crippen molar-refractivity contribution >= 4 is 0 Å². The molecular formula is C21H22N4O. The van der Waals surface area contributed by atoms with Gasteiger partial charge in [0.15, 0.2) is 5.82 Å². The van der Waals surface area contributed by atoms with E-state index >= 15 is 0 Å². The smallest absolute Gasteiger partial charge is 0.276 e. The van der Waals surface area contributed by atoms with Gasteiger partial charge in [0, 0.05) is 30.1 Å². The Labute approximate surface area is 152 Å². The van der Waals surface area contributed by atoms with Gasteiger partial charge in [0.2, 0.25) is 0 Å². The molecule has 5 rings (SSSR count). The van der Waals surface area contributed by atoms with Crippen LogP contribution in [0.25, 0.3) is 11.6 Å². The van der Waals surface area contributed by atoms with E-state index < -0.39 is 0 Å². The minimum Gasteiger partial charge on any atom is -0.332 e. The molecule has 2 fully saturated rings. The third-order valence-electron chi connectivity index (χ3n) is 5.82. The summed E-state index contributed by atoms with van der Waals surface area (Å²) in [6.07, 6.45) is 6.41. The zero-order valence-corrected chi connectivity index (χ0v) is 14.6. The normalized spacial score (nSPS) is 23.4. The summed E-state index contributed by atoms with van der Waals surface area (Å²) in [6.45, 7) is 0.919. The highest BCUT2D eigenvalue weighted by Crippen LogP contribution is 2.45. The largest absolute Gasteiger partial charge is 0.332 e. The van der Waals surface area contributed by atoms with Crippen molar-refractivity contribution in [2.24, 2.45) is 0 Å². The van der Waals surface area contributed by atoms with Gasteiger partial charge < -0.3 is 9.84 Å². The number of aromatic nitrogens is 3. The number of benzene rings is 1. The average molecular weight is 346 g/mol. The van der Waals surface area contributed by atoms with Crippen LogP contribution in [0.4, 0.5) is 0 Å². The van der Waals surface area contributed by atoms with E-state index in [0.29, 0.717) is 17.9 Å². The Morgan fingerprint density at radius 3 is 2.65 bits per heavy atom. The Kier molecular flexibility index (Phi) is 3.82. The van der Waals surface area contributed by atoms with Crippen molar-refractivity contribution in [3.63, 3.8) is 0 Å². The molecule has 0 spiro atoms. The van der Waals surface area contributed by atoms with Crippen LogP contribution < -0.4 is 5.32 Å². The predicted molar refractivity (Wildman–Crippen MR) is 98.6 cm³/mol. The van der Waals surface area contributed by atoms with Crippen molar-refractivity contribution in [1.82, 2.24) is 20.4 Å². The van der Waals surface area contributed by atoms with Crippen molar-refractivity contribution in [3.8, 4) is 11.6 Å². The van der Waals surface area contributed by atoms with E-state index in [2.05, 4.69) is 50.8 Å². The highest BCUT2D eigenvalue weighted by molar-refractivity contribution is 5.45. The fourth-order valence-corrected chi connectivity index (χ4v) is 3.93. The van der Waals surface area contributed by atoms with E-state index in [9.17, 15) is 0 Å². The fourth-order valence-electron chi connectivity index (χ4n) is 3.93. The third kappa shape index (κ3) is 2.82. The van der Waals surface area contributed by atoms with Crippen LogP contribution in [0.1, 0.15) is 43.0 Å². The van der Waals surface area contributed by atoms with Gasteiger partial charge in [-0.3, -0.25) is 4.98 Å². The monoisotopic (exact) mass is 346 g/mol. The van der Waals surface area contributed by atoms with Gasteiger partial charge in [-0.25, -0.2) is 0 Å². The second kappa shape index (κ2) is 6.32. The highest BCUT2D eigenvalue weighted by atomic mass is 16.5. The molecule has 132 valence electrons. The molecule has 0 unspecified atom stereocenters. The molecule has 26 heavy (non-hydrogen) atoms. The molecule has 3 aromatic rings. The molecule has 0 radical (unpaired) electrons. The summed E-state index contributed by atoms with van der Waals surface area (Å²) in [6, 6.07) is 17.1. The van der Waals surface area contributed by atoms with Crippen LogP contribution in [0.3, 0.4) is 0 Å². The van der Waals surface area contributed by atoms with E-state index in [1.807, 2.05) is 18.2 Å². The van der Waals surface area contributed by atoms with Gasteiger partial charge in [0.1, 0.15) is 5.69 Å². The Morgan fingerprint density at radius 1 is 1.08 bits per heavy atom. The molecule has 0 bridgehead atoms. The van der Waals surface area contributed by atoms with Gasteiger partial charge >= 0.3 is 0 Å². The molecule has 2 heterocycles. The van der Waals surface area contributed by atoms with Crippen molar-refractivity contribution in [3.05, 3.63) is 66.1 Å². The predicted octanol–water partition coefficient (Wildman–Crippen LogP) is 3.70. The first kappa shape index (κ1) is 15.7. The lowest BCUT2D eigenvalue weighted by atomic mass is 9.68. The first-order valence-electron chi connectivity index (χ1n) is 9.38. The topological polar surface area (TPSA) is 63.8 Å². The summed E-state index contributed by atoms with van der Waals surface area (Å²) in [5.41, 5.74) is 2.19. The Hall–Kier alpha value is -2.53. The van der Waals surface area contributed by atoms with Gasteiger partial charge in [0.25, 0.3) is 5.89 Å². The Bertz CT molecular complexity index is 873. The number of nitrogens with one attached hydrogen (secondary N) is 1. The number of nitrogens with zero attached hydrogens (tertiary/aromatic N) is 3. The number of pyridine rings is 1. The maximum absolute atomic E-state index is 5.49. The van der Waals surface area contributed by atoms with E-state index in [4.69, 9.17) is 4.52 Å². The molecule has 5 nitrogen and oxygen atoms in total. The summed E-state index contributed by atoms with van der Waals surface area (Å²) < 4.78 is 5.49. The van der Waals surface area contributed by atoms with Gasteiger partial charge in [-0.05, 0) is 37.0 Å². The molecule has 2 aromatic heterocycles. The van der Waals surface area contributed by atoms with Crippen LogP contribution in [-0.4, -0.2) is 27.7 Å².